The quantitative estimate of drug-likeness (QED) is 0.376. The van der Waals surface area contributed by atoms with Crippen LogP contribution in [0.3, 0.4) is 0 Å². The molecule has 154 valence electrons. The number of nitrogens with zero attached hydrogens (tertiary/aromatic N) is 5. The van der Waals surface area contributed by atoms with Crippen LogP contribution in [0.25, 0.3) is 0 Å². The minimum atomic E-state index is 0. The minimum absolute atomic E-state index is 0. The van der Waals surface area contributed by atoms with Crippen molar-refractivity contribution in [1.82, 2.24) is 20.0 Å². The maximum atomic E-state index is 12.7. The van der Waals surface area contributed by atoms with Gasteiger partial charge in [0.1, 0.15) is 6.54 Å². The van der Waals surface area contributed by atoms with Crippen LogP contribution in [0.15, 0.2) is 17.4 Å². The number of halogens is 1. The second-order valence-corrected chi connectivity index (χ2v) is 8.34. The molecule has 9 heteroatoms. The first-order valence-electron chi connectivity index (χ1n) is 10.0. The van der Waals surface area contributed by atoms with Gasteiger partial charge in [0, 0.05) is 57.4 Å². The molecule has 4 aliphatic rings. The number of aromatic nitrogens is 2. The van der Waals surface area contributed by atoms with Gasteiger partial charge in [-0.05, 0) is 19.3 Å². The first kappa shape index (κ1) is 19.9. The smallest absolute Gasteiger partial charge is 0.246 e. The maximum Gasteiger partial charge on any atom is 0.246 e. The Morgan fingerprint density at radius 3 is 2.82 bits per heavy atom. The summed E-state index contributed by atoms with van der Waals surface area (Å²) in [6, 6.07) is 0.434. The monoisotopic (exact) mass is 500 g/mol. The third-order valence-electron chi connectivity index (χ3n) is 7.06. The number of carbonyl (C=O) groups is 1. The SMILES string of the molecule is CN=C(NC1C2CCOC2C12CCC2)N1CCN(c2cnn(C)c2)C(=O)C1.I. The lowest BCUT2D eigenvalue weighted by molar-refractivity contribution is -0.171. The molecule has 2 aliphatic heterocycles. The predicted molar refractivity (Wildman–Crippen MR) is 117 cm³/mol. The van der Waals surface area contributed by atoms with Crippen molar-refractivity contribution in [1.29, 1.82) is 0 Å². The number of piperazine rings is 1. The molecule has 2 aliphatic carbocycles. The number of ether oxygens (including phenoxy) is 1. The first-order chi connectivity index (χ1) is 13.1. The van der Waals surface area contributed by atoms with Crippen molar-refractivity contribution in [2.45, 2.75) is 37.8 Å². The van der Waals surface area contributed by atoms with Crippen LogP contribution in [0.4, 0.5) is 5.69 Å². The molecule has 4 fully saturated rings. The number of carbonyl (C=O) groups excluding carboxylic acids is 1. The lowest BCUT2D eigenvalue weighted by Gasteiger charge is -2.63. The van der Waals surface area contributed by atoms with Crippen LogP contribution in [-0.4, -0.2) is 72.0 Å². The number of hydrogen-bond acceptors (Lipinski definition) is 4. The van der Waals surface area contributed by atoms with Gasteiger partial charge in [0.2, 0.25) is 5.91 Å². The summed E-state index contributed by atoms with van der Waals surface area (Å²) in [4.78, 5) is 21.1. The minimum Gasteiger partial charge on any atom is -0.377 e. The Kier molecular flexibility index (Phi) is 5.32. The molecule has 2 saturated carbocycles. The van der Waals surface area contributed by atoms with E-state index in [0.717, 1.165) is 31.2 Å². The molecule has 3 unspecified atom stereocenters. The first-order valence-corrected chi connectivity index (χ1v) is 10.0. The molecule has 1 spiro atoms. The third kappa shape index (κ3) is 2.92. The molecule has 28 heavy (non-hydrogen) atoms. The lowest BCUT2D eigenvalue weighted by Crippen LogP contribution is -2.73. The zero-order valence-corrected chi connectivity index (χ0v) is 18.8. The van der Waals surface area contributed by atoms with Crippen LogP contribution in [0.5, 0.6) is 0 Å². The van der Waals surface area contributed by atoms with Crippen LogP contribution in [0, 0.1) is 11.3 Å². The van der Waals surface area contributed by atoms with Gasteiger partial charge in [0.25, 0.3) is 0 Å². The van der Waals surface area contributed by atoms with E-state index in [4.69, 9.17) is 4.74 Å². The molecule has 3 atom stereocenters. The van der Waals surface area contributed by atoms with Gasteiger partial charge in [-0.2, -0.15) is 5.10 Å². The zero-order valence-electron chi connectivity index (χ0n) is 16.5. The van der Waals surface area contributed by atoms with Crippen LogP contribution in [-0.2, 0) is 16.6 Å². The van der Waals surface area contributed by atoms with Crippen molar-refractivity contribution in [3.05, 3.63) is 12.4 Å². The number of rotatable bonds is 2. The Hall–Kier alpha value is -1.36. The topological polar surface area (TPSA) is 75.0 Å². The second-order valence-electron chi connectivity index (χ2n) is 8.34. The number of anilines is 1. The van der Waals surface area contributed by atoms with E-state index >= 15 is 0 Å². The summed E-state index contributed by atoms with van der Waals surface area (Å²) in [6.45, 7) is 2.65. The van der Waals surface area contributed by atoms with Gasteiger partial charge in [0.15, 0.2) is 5.96 Å². The van der Waals surface area contributed by atoms with Gasteiger partial charge in [-0.25, -0.2) is 0 Å². The fourth-order valence-electron chi connectivity index (χ4n) is 5.57. The molecule has 1 amide bonds. The summed E-state index contributed by atoms with van der Waals surface area (Å²) >= 11 is 0. The van der Waals surface area contributed by atoms with Crippen molar-refractivity contribution in [2.75, 3.05) is 38.2 Å². The molecule has 3 heterocycles. The van der Waals surface area contributed by atoms with Crippen LogP contribution in [0.1, 0.15) is 25.7 Å². The molecule has 1 aromatic heterocycles. The van der Waals surface area contributed by atoms with E-state index in [-0.39, 0.29) is 29.9 Å². The summed E-state index contributed by atoms with van der Waals surface area (Å²) in [5.41, 5.74) is 1.17. The number of amides is 1. The highest BCUT2D eigenvalue weighted by Crippen LogP contribution is 2.62. The van der Waals surface area contributed by atoms with Gasteiger partial charge in [-0.1, -0.05) is 6.42 Å². The highest BCUT2D eigenvalue weighted by molar-refractivity contribution is 14.0. The summed E-state index contributed by atoms with van der Waals surface area (Å²) in [5.74, 6) is 1.54. The Labute approximate surface area is 182 Å². The Morgan fingerprint density at radius 2 is 2.21 bits per heavy atom. The highest BCUT2D eigenvalue weighted by atomic mass is 127. The van der Waals surface area contributed by atoms with Crippen molar-refractivity contribution in [2.24, 2.45) is 23.4 Å². The predicted octanol–water partition coefficient (Wildman–Crippen LogP) is 1.22. The molecule has 5 rings (SSSR count). The number of fused-ring (bicyclic) bond motifs is 2. The molecular weight excluding hydrogens is 471 g/mol. The van der Waals surface area contributed by atoms with Crippen molar-refractivity contribution in [3.63, 3.8) is 0 Å². The zero-order chi connectivity index (χ0) is 18.6. The van der Waals surface area contributed by atoms with E-state index in [1.807, 2.05) is 25.2 Å². The van der Waals surface area contributed by atoms with E-state index in [2.05, 4.69) is 20.3 Å². The number of nitrogens with one attached hydrogen (secondary N) is 1. The fourth-order valence-corrected chi connectivity index (χ4v) is 5.57. The van der Waals surface area contributed by atoms with Crippen molar-refractivity contribution in [3.8, 4) is 0 Å². The number of aliphatic imine (C=N–C) groups is 1. The number of aryl methyl sites for hydroxylation is 1. The van der Waals surface area contributed by atoms with E-state index in [1.54, 1.807) is 10.9 Å². The molecule has 8 nitrogen and oxygen atoms in total. The van der Waals surface area contributed by atoms with E-state index < -0.39 is 0 Å². The van der Waals surface area contributed by atoms with Crippen LogP contribution >= 0.6 is 24.0 Å². The average molecular weight is 500 g/mol. The van der Waals surface area contributed by atoms with Crippen LogP contribution < -0.4 is 10.2 Å². The molecule has 1 aromatic rings. The van der Waals surface area contributed by atoms with Crippen LogP contribution in [0.2, 0.25) is 0 Å². The maximum absolute atomic E-state index is 12.7. The number of guanidine groups is 1. The van der Waals surface area contributed by atoms with Crippen molar-refractivity contribution >= 4 is 41.5 Å². The largest absolute Gasteiger partial charge is 0.377 e. The summed E-state index contributed by atoms with van der Waals surface area (Å²) < 4.78 is 7.75. The van der Waals surface area contributed by atoms with Gasteiger partial charge in [-0.15, -0.1) is 24.0 Å². The highest BCUT2D eigenvalue weighted by Gasteiger charge is 2.66. The van der Waals surface area contributed by atoms with E-state index in [1.165, 1.54) is 19.3 Å². The molecule has 2 saturated heterocycles. The second kappa shape index (κ2) is 7.47. The summed E-state index contributed by atoms with van der Waals surface area (Å²) in [5, 5.41) is 7.90. The summed E-state index contributed by atoms with van der Waals surface area (Å²) in [7, 11) is 3.68. The van der Waals surface area contributed by atoms with Gasteiger partial charge in [-0.3, -0.25) is 14.5 Å². The molecule has 0 radical (unpaired) electrons. The summed E-state index contributed by atoms with van der Waals surface area (Å²) in [6.07, 6.45) is 8.99. The average Bonchev–Trinajstić information content (AvgIpc) is 3.22. The third-order valence-corrected chi connectivity index (χ3v) is 7.06. The van der Waals surface area contributed by atoms with Gasteiger partial charge >= 0.3 is 0 Å². The number of hydrogen-bond donors (Lipinski definition) is 1. The Balaban J connectivity index is 0.00000192. The van der Waals surface area contributed by atoms with Gasteiger partial charge in [0.05, 0.1) is 18.0 Å². The Morgan fingerprint density at radius 1 is 1.39 bits per heavy atom. The molecule has 1 N–H and O–H groups in total. The van der Waals surface area contributed by atoms with Gasteiger partial charge < -0.3 is 19.9 Å². The Bertz CT molecular complexity index is 776. The van der Waals surface area contributed by atoms with E-state index in [9.17, 15) is 4.79 Å². The van der Waals surface area contributed by atoms with Crippen molar-refractivity contribution < 1.29 is 9.53 Å². The normalized spacial score (nSPS) is 31.1. The standard InChI is InChI=1S/C19H28N6O2.HI/c1-20-18(22-16-14-4-9-27-17(14)19(16)5-3-6-19)24-7-8-25(15(26)12-24)13-10-21-23(2)11-13;/h10-11,14,16-17H,3-9,12H2,1-2H3,(H,20,22);1H. The molecule has 0 bridgehead atoms. The molecular formula is C19H29IN6O2. The van der Waals surface area contributed by atoms with E-state index in [0.29, 0.717) is 36.6 Å². The fraction of sp³-hybridized carbons (Fsp3) is 0.737. The molecule has 0 aromatic carbocycles. The lowest BCUT2D eigenvalue weighted by atomic mass is 9.46.